The Morgan fingerprint density at radius 2 is 1.36 bits per heavy atom. The van der Waals surface area contributed by atoms with Crippen molar-refractivity contribution in [1.29, 1.82) is 0 Å². The summed E-state index contributed by atoms with van der Waals surface area (Å²) in [6.45, 7) is 1.99. The minimum absolute atomic E-state index is 0.0473. The smallest absolute Gasteiger partial charge is 0.204 e. The van der Waals surface area contributed by atoms with E-state index in [1.54, 1.807) is 27.4 Å². The zero-order valence-electron chi connectivity index (χ0n) is 26.7. The van der Waals surface area contributed by atoms with Crippen molar-refractivity contribution in [2.45, 2.75) is 37.8 Å². The second kappa shape index (κ2) is 11.8. The first-order valence-electron chi connectivity index (χ1n) is 15.8. The van der Waals surface area contributed by atoms with Crippen LogP contribution in [0.2, 0.25) is 0 Å². The Bertz CT molecular complexity index is 1740. The molecule has 4 aromatic rings. The van der Waals surface area contributed by atoms with E-state index in [0.717, 1.165) is 43.5 Å². The Labute approximate surface area is 264 Å². The zero-order valence-corrected chi connectivity index (χ0v) is 26.7. The predicted molar refractivity (Wildman–Crippen MR) is 171 cm³/mol. The molecule has 4 atom stereocenters. The van der Waals surface area contributed by atoms with Crippen LogP contribution in [-0.2, 0) is 25.7 Å². The summed E-state index contributed by atoms with van der Waals surface area (Å²) in [5.74, 6) is 4.51. The van der Waals surface area contributed by atoms with Crippen molar-refractivity contribution in [3.63, 3.8) is 0 Å². The Balaban J connectivity index is 1.47. The quantitative estimate of drug-likeness (QED) is 0.326. The SMILES string of the molecule is COc1cc2c3cc1Oc1c(OC)c(OC)cc4c1[C@@H](Cc1ccc(O)c(c1)Oc1ccc(cc1)C[C@H]3[NH+](C)CC2)[NH+](C)CC4. The van der Waals surface area contributed by atoms with Gasteiger partial charge in [0.1, 0.15) is 17.8 Å². The molecule has 0 saturated heterocycles. The molecule has 0 amide bonds. The maximum Gasteiger partial charge on any atom is 0.204 e. The molecule has 2 unspecified atom stereocenters. The third-order valence-corrected chi connectivity index (χ3v) is 9.93. The van der Waals surface area contributed by atoms with Crippen molar-refractivity contribution in [2.24, 2.45) is 0 Å². The number of fused-ring (bicyclic) bond motifs is 2. The molecular weight excluding hydrogens is 568 g/mol. The first-order valence-corrected chi connectivity index (χ1v) is 15.8. The van der Waals surface area contributed by atoms with Gasteiger partial charge in [-0.05, 0) is 64.7 Å². The standard InChI is InChI=1S/C37H40N2O6/c1-38-14-12-24-19-32(41-3)33-21-27(24)28(38)16-22-6-9-26(10-7-22)44-31-18-23(8-11-30(31)40)17-29-35-25(13-15-39(29)2)20-34(42-4)36(43-5)37(35)45-33/h6-11,18-21,28-29,40H,12-17H2,1-5H3/p+2/t28-,29-/m1/s1. The first-order chi connectivity index (χ1) is 21.9. The van der Waals surface area contributed by atoms with Crippen LogP contribution in [0.1, 0.15) is 45.5 Å². The minimum atomic E-state index is 0.0473. The van der Waals surface area contributed by atoms with Gasteiger partial charge in [0.2, 0.25) is 5.75 Å². The molecule has 3 N–H and O–H groups in total. The van der Waals surface area contributed by atoms with Crippen LogP contribution in [0.4, 0.5) is 0 Å². The second-order valence-electron chi connectivity index (χ2n) is 12.6. The summed E-state index contributed by atoms with van der Waals surface area (Å²) in [6, 6.07) is 20.6. The van der Waals surface area contributed by atoms with E-state index in [4.69, 9.17) is 23.7 Å². The number of methoxy groups -OCH3 is 3. The summed E-state index contributed by atoms with van der Waals surface area (Å²) < 4.78 is 31.1. The number of hydrogen-bond donors (Lipinski definition) is 3. The van der Waals surface area contributed by atoms with Gasteiger partial charge in [0.15, 0.2) is 34.5 Å². The van der Waals surface area contributed by atoms with Gasteiger partial charge >= 0.3 is 0 Å². The fraction of sp³-hybridized carbons (Fsp3) is 0.351. The maximum absolute atomic E-state index is 10.8. The molecule has 8 nitrogen and oxygen atoms in total. The monoisotopic (exact) mass is 610 g/mol. The Kier molecular flexibility index (Phi) is 7.71. The lowest BCUT2D eigenvalue weighted by molar-refractivity contribution is -0.914. The molecule has 8 heteroatoms. The van der Waals surface area contributed by atoms with Crippen molar-refractivity contribution < 1.29 is 38.6 Å². The highest BCUT2D eigenvalue weighted by atomic mass is 16.5. The normalized spacial score (nSPS) is 21.8. The van der Waals surface area contributed by atoms with Crippen LogP contribution < -0.4 is 33.5 Å². The van der Waals surface area contributed by atoms with Gasteiger partial charge in [0.05, 0.1) is 54.1 Å². The van der Waals surface area contributed by atoms with Crippen molar-refractivity contribution in [3.05, 3.63) is 94.0 Å². The lowest BCUT2D eigenvalue weighted by Gasteiger charge is -2.35. The Hall–Kier alpha value is -4.40. The average Bonchev–Trinajstić information content (AvgIpc) is 3.05. The lowest BCUT2D eigenvalue weighted by atomic mass is 9.87. The van der Waals surface area contributed by atoms with E-state index in [-0.39, 0.29) is 17.8 Å². The van der Waals surface area contributed by atoms with Crippen LogP contribution in [0.3, 0.4) is 0 Å². The number of benzene rings is 4. The van der Waals surface area contributed by atoms with Gasteiger partial charge in [-0.3, -0.25) is 0 Å². The number of nitrogens with one attached hydrogen (secondary N) is 2. The molecule has 0 aromatic heterocycles. The highest BCUT2D eigenvalue weighted by Gasteiger charge is 2.37. The topological polar surface area (TPSA) is 75.3 Å². The van der Waals surface area contributed by atoms with E-state index in [2.05, 4.69) is 44.4 Å². The van der Waals surface area contributed by atoms with E-state index >= 15 is 0 Å². The first kappa shape index (κ1) is 29.3. The molecule has 0 radical (unpaired) electrons. The van der Waals surface area contributed by atoms with Crippen LogP contribution in [0.15, 0.2) is 60.7 Å². The van der Waals surface area contributed by atoms with E-state index in [1.807, 2.05) is 24.3 Å². The number of phenols is 1. The van der Waals surface area contributed by atoms with Crippen LogP contribution in [0, 0.1) is 0 Å². The Morgan fingerprint density at radius 3 is 2.09 bits per heavy atom. The number of quaternary nitrogens is 2. The molecule has 234 valence electrons. The fourth-order valence-corrected chi connectivity index (χ4v) is 7.37. The number of aromatic hydroxyl groups is 1. The lowest BCUT2D eigenvalue weighted by Crippen LogP contribution is -3.10. The van der Waals surface area contributed by atoms with Gasteiger partial charge in [-0.15, -0.1) is 0 Å². The van der Waals surface area contributed by atoms with Gasteiger partial charge in [-0.2, -0.15) is 0 Å². The highest BCUT2D eigenvalue weighted by molar-refractivity contribution is 5.63. The summed E-state index contributed by atoms with van der Waals surface area (Å²) in [4.78, 5) is 2.82. The van der Waals surface area contributed by atoms with Gasteiger partial charge in [-0.1, -0.05) is 18.2 Å². The van der Waals surface area contributed by atoms with Crippen molar-refractivity contribution in [3.8, 4) is 46.0 Å². The summed E-state index contributed by atoms with van der Waals surface area (Å²) in [7, 11) is 9.53. The third kappa shape index (κ3) is 5.32. The average molecular weight is 611 g/mol. The van der Waals surface area contributed by atoms with Crippen molar-refractivity contribution in [2.75, 3.05) is 48.5 Å². The third-order valence-electron chi connectivity index (χ3n) is 9.93. The minimum Gasteiger partial charge on any atom is -0.504 e. The van der Waals surface area contributed by atoms with Crippen molar-refractivity contribution >= 4 is 0 Å². The fourth-order valence-electron chi connectivity index (χ4n) is 7.37. The molecule has 6 bridgehead atoms. The van der Waals surface area contributed by atoms with Gasteiger partial charge in [0, 0.05) is 31.2 Å². The highest BCUT2D eigenvalue weighted by Crippen LogP contribution is 2.49. The molecular formula is C37H42N2O6+2. The molecule has 0 saturated carbocycles. The summed E-state index contributed by atoms with van der Waals surface area (Å²) in [6.07, 6.45) is 3.42. The van der Waals surface area contributed by atoms with Crippen LogP contribution in [0.5, 0.6) is 46.0 Å². The van der Waals surface area contributed by atoms with Gasteiger partial charge in [0.25, 0.3) is 0 Å². The molecule has 4 heterocycles. The molecule has 4 aromatic carbocycles. The molecule has 4 aliphatic rings. The number of hydrogen-bond acceptors (Lipinski definition) is 6. The molecule has 0 fully saturated rings. The second-order valence-corrected chi connectivity index (χ2v) is 12.6. The van der Waals surface area contributed by atoms with Crippen LogP contribution >= 0.6 is 0 Å². The molecule has 0 spiro atoms. The molecule has 8 rings (SSSR count). The van der Waals surface area contributed by atoms with E-state index in [9.17, 15) is 5.11 Å². The predicted octanol–water partition coefficient (Wildman–Crippen LogP) is 4.03. The number of phenolic OH excluding ortho intramolecular Hbond substituents is 1. The van der Waals surface area contributed by atoms with Crippen molar-refractivity contribution in [1.82, 2.24) is 0 Å². The summed E-state index contributed by atoms with van der Waals surface area (Å²) in [5.41, 5.74) is 7.11. The number of ether oxygens (including phenoxy) is 5. The molecule has 4 aliphatic heterocycles. The van der Waals surface area contributed by atoms with Gasteiger partial charge < -0.3 is 38.6 Å². The van der Waals surface area contributed by atoms with Crippen LogP contribution in [0.25, 0.3) is 0 Å². The van der Waals surface area contributed by atoms with Crippen LogP contribution in [-0.4, -0.2) is 53.6 Å². The number of rotatable bonds is 3. The zero-order chi connectivity index (χ0) is 31.2. The van der Waals surface area contributed by atoms with Gasteiger partial charge in [-0.25, -0.2) is 0 Å². The van der Waals surface area contributed by atoms with E-state index in [1.165, 1.54) is 32.1 Å². The largest absolute Gasteiger partial charge is 0.504 e. The summed E-state index contributed by atoms with van der Waals surface area (Å²) in [5, 5.41) is 10.8. The maximum atomic E-state index is 10.8. The van der Waals surface area contributed by atoms with E-state index in [0.29, 0.717) is 46.7 Å². The Morgan fingerprint density at radius 1 is 0.689 bits per heavy atom. The van der Waals surface area contributed by atoms with E-state index < -0.39 is 0 Å². The molecule has 0 aliphatic carbocycles. The number of likely N-dealkylation sites (N-methyl/N-ethyl adjacent to an activating group) is 2. The summed E-state index contributed by atoms with van der Waals surface area (Å²) >= 11 is 0. The molecule has 45 heavy (non-hydrogen) atoms.